The Balaban J connectivity index is 2.05. The molecule has 142 valence electrons. The van der Waals surface area contributed by atoms with Gasteiger partial charge in [0.2, 0.25) is 5.91 Å². The first kappa shape index (κ1) is 19.4. The van der Waals surface area contributed by atoms with Gasteiger partial charge in [-0.25, -0.2) is 4.98 Å². The van der Waals surface area contributed by atoms with Crippen molar-refractivity contribution >= 4 is 5.91 Å². The molecule has 0 fully saturated rings. The summed E-state index contributed by atoms with van der Waals surface area (Å²) in [6, 6.07) is 20.5. The molecule has 1 N–H and O–H groups in total. The molecule has 0 unspecified atom stereocenters. The van der Waals surface area contributed by atoms with Crippen molar-refractivity contribution in [1.82, 2.24) is 14.9 Å². The molecule has 0 atom stereocenters. The summed E-state index contributed by atoms with van der Waals surface area (Å²) in [5.41, 5.74) is 4.79. The number of rotatable bonds is 8. The van der Waals surface area contributed by atoms with Crippen molar-refractivity contribution in [3.8, 4) is 11.3 Å². The average Bonchev–Trinajstić information content (AvgIpc) is 3.05. The average molecular weight is 371 g/mol. The molecular formula is C24H25N3O. The van der Waals surface area contributed by atoms with E-state index in [1.165, 1.54) is 5.56 Å². The highest BCUT2D eigenvalue weighted by molar-refractivity contribution is 5.91. The van der Waals surface area contributed by atoms with Crippen LogP contribution < -0.4 is 5.32 Å². The molecule has 0 aliphatic carbocycles. The van der Waals surface area contributed by atoms with E-state index in [0.717, 1.165) is 29.2 Å². The minimum Gasteiger partial charge on any atom is -0.345 e. The predicted molar refractivity (Wildman–Crippen MR) is 114 cm³/mol. The molecule has 2 aromatic carbocycles. The van der Waals surface area contributed by atoms with Crippen LogP contribution in [0.2, 0.25) is 0 Å². The fourth-order valence-electron chi connectivity index (χ4n) is 3.12. The first-order valence-corrected chi connectivity index (χ1v) is 9.32. The lowest BCUT2D eigenvalue weighted by Crippen LogP contribution is -2.25. The van der Waals surface area contributed by atoms with E-state index in [9.17, 15) is 4.79 Å². The molecule has 28 heavy (non-hydrogen) atoms. The summed E-state index contributed by atoms with van der Waals surface area (Å²) < 4.78 is 2.14. The maximum Gasteiger partial charge on any atom is 0.246 e. The van der Waals surface area contributed by atoms with Crippen molar-refractivity contribution in [3.05, 3.63) is 103 Å². The van der Waals surface area contributed by atoms with Crippen LogP contribution >= 0.6 is 0 Å². The summed E-state index contributed by atoms with van der Waals surface area (Å²) >= 11 is 0. The van der Waals surface area contributed by atoms with Crippen LogP contribution in [-0.4, -0.2) is 15.5 Å². The zero-order valence-electron chi connectivity index (χ0n) is 16.2. The molecule has 1 aromatic heterocycles. The van der Waals surface area contributed by atoms with Crippen LogP contribution in [0.4, 0.5) is 0 Å². The van der Waals surface area contributed by atoms with E-state index in [0.29, 0.717) is 18.7 Å². The second-order valence-electron chi connectivity index (χ2n) is 6.71. The number of amides is 1. The Hall–Kier alpha value is -3.40. The largest absolute Gasteiger partial charge is 0.345 e. The minimum absolute atomic E-state index is 0.168. The van der Waals surface area contributed by atoms with E-state index in [1.54, 1.807) is 6.92 Å². The maximum atomic E-state index is 12.0. The summed E-state index contributed by atoms with van der Waals surface area (Å²) in [6.07, 6.45) is 2.61. The third kappa shape index (κ3) is 4.46. The van der Waals surface area contributed by atoms with Crippen molar-refractivity contribution in [2.75, 3.05) is 0 Å². The molecule has 0 aliphatic rings. The molecule has 4 nitrogen and oxygen atoms in total. The summed E-state index contributed by atoms with van der Waals surface area (Å²) in [4.78, 5) is 16.9. The number of hydrogen-bond acceptors (Lipinski definition) is 2. The van der Waals surface area contributed by atoms with Crippen LogP contribution in [0.15, 0.2) is 85.5 Å². The van der Waals surface area contributed by atoms with E-state index in [4.69, 9.17) is 4.98 Å². The van der Waals surface area contributed by atoms with Crippen LogP contribution in [-0.2, 0) is 24.3 Å². The van der Waals surface area contributed by atoms with E-state index in [2.05, 4.69) is 47.3 Å². The van der Waals surface area contributed by atoms with Gasteiger partial charge in [0, 0.05) is 24.1 Å². The number of allylic oxidation sites excluding steroid dienone is 1. The lowest BCUT2D eigenvalue weighted by molar-refractivity contribution is -0.117. The molecule has 3 rings (SSSR count). The van der Waals surface area contributed by atoms with Crippen LogP contribution in [0.5, 0.6) is 0 Å². The number of nitrogens with zero attached hydrogens (tertiary/aromatic N) is 2. The standard InChI is InChI=1S/C24H25N3O/c1-4-15-27-21(16-19-11-7-5-8-12-19)23(20-13-9-6-10-14-20)26-22(27)17-25-24(28)18(2)3/h4-14H,1-2,15-17H2,3H3,(H,25,28). The van der Waals surface area contributed by atoms with Gasteiger partial charge in [0.05, 0.1) is 17.9 Å². The van der Waals surface area contributed by atoms with Crippen molar-refractivity contribution in [1.29, 1.82) is 0 Å². The molecule has 3 aromatic rings. The molecule has 0 saturated carbocycles. The normalized spacial score (nSPS) is 10.5. The van der Waals surface area contributed by atoms with Crippen LogP contribution in [0.1, 0.15) is 24.0 Å². The first-order chi connectivity index (χ1) is 13.6. The zero-order chi connectivity index (χ0) is 19.9. The van der Waals surface area contributed by atoms with Gasteiger partial charge in [-0.15, -0.1) is 6.58 Å². The molecule has 4 heteroatoms. The smallest absolute Gasteiger partial charge is 0.246 e. The molecule has 0 spiro atoms. The van der Waals surface area contributed by atoms with Gasteiger partial charge in [-0.3, -0.25) is 4.79 Å². The van der Waals surface area contributed by atoms with Gasteiger partial charge in [0.1, 0.15) is 5.82 Å². The molecule has 0 radical (unpaired) electrons. The van der Waals surface area contributed by atoms with Gasteiger partial charge in [-0.1, -0.05) is 73.3 Å². The number of benzene rings is 2. The van der Waals surface area contributed by atoms with E-state index < -0.39 is 0 Å². The Kier molecular flexibility index (Phi) is 6.22. The third-order valence-electron chi connectivity index (χ3n) is 4.52. The zero-order valence-corrected chi connectivity index (χ0v) is 16.2. The van der Waals surface area contributed by atoms with E-state index in [-0.39, 0.29) is 5.91 Å². The Bertz CT molecular complexity index is 972. The van der Waals surface area contributed by atoms with Crippen molar-refractivity contribution in [3.63, 3.8) is 0 Å². The highest BCUT2D eigenvalue weighted by atomic mass is 16.1. The summed E-state index contributed by atoms with van der Waals surface area (Å²) in [5.74, 6) is 0.637. The predicted octanol–water partition coefficient (Wildman–Crippen LogP) is 4.52. The third-order valence-corrected chi connectivity index (χ3v) is 4.52. The Morgan fingerprint density at radius 2 is 1.75 bits per heavy atom. The van der Waals surface area contributed by atoms with Gasteiger partial charge in [0.25, 0.3) is 0 Å². The lowest BCUT2D eigenvalue weighted by Gasteiger charge is -2.12. The second kappa shape index (κ2) is 9.00. The van der Waals surface area contributed by atoms with Gasteiger partial charge in [-0.05, 0) is 12.5 Å². The van der Waals surface area contributed by atoms with Crippen molar-refractivity contribution in [2.24, 2.45) is 0 Å². The SMILES string of the molecule is C=CCn1c(CNC(=O)C(=C)C)nc(-c2ccccc2)c1Cc1ccccc1. The number of hydrogen-bond donors (Lipinski definition) is 1. The summed E-state index contributed by atoms with van der Waals surface area (Å²) in [6.45, 7) is 10.3. The highest BCUT2D eigenvalue weighted by Crippen LogP contribution is 2.27. The summed E-state index contributed by atoms with van der Waals surface area (Å²) in [5, 5.41) is 2.90. The van der Waals surface area contributed by atoms with E-state index >= 15 is 0 Å². The van der Waals surface area contributed by atoms with Gasteiger partial charge in [0.15, 0.2) is 0 Å². The van der Waals surface area contributed by atoms with Gasteiger partial charge < -0.3 is 9.88 Å². The number of carbonyl (C=O) groups is 1. The van der Waals surface area contributed by atoms with Gasteiger partial charge >= 0.3 is 0 Å². The quantitative estimate of drug-likeness (QED) is 0.467. The molecule has 0 bridgehead atoms. The Morgan fingerprint density at radius 1 is 1.11 bits per heavy atom. The van der Waals surface area contributed by atoms with Crippen molar-refractivity contribution < 1.29 is 4.79 Å². The Labute approximate surface area is 166 Å². The molecule has 0 aliphatic heterocycles. The topological polar surface area (TPSA) is 46.9 Å². The summed E-state index contributed by atoms with van der Waals surface area (Å²) in [7, 11) is 0. The van der Waals surface area contributed by atoms with Gasteiger partial charge in [-0.2, -0.15) is 0 Å². The molecule has 1 heterocycles. The lowest BCUT2D eigenvalue weighted by atomic mass is 10.0. The van der Waals surface area contributed by atoms with Crippen molar-refractivity contribution in [2.45, 2.75) is 26.4 Å². The fraction of sp³-hybridized carbons (Fsp3) is 0.167. The molecule has 1 amide bonds. The second-order valence-corrected chi connectivity index (χ2v) is 6.71. The number of carbonyl (C=O) groups excluding carboxylic acids is 1. The number of aromatic nitrogens is 2. The molecule has 0 saturated heterocycles. The van der Waals surface area contributed by atoms with Crippen LogP contribution in [0.3, 0.4) is 0 Å². The fourth-order valence-corrected chi connectivity index (χ4v) is 3.12. The van der Waals surface area contributed by atoms with E-state index in [1.807, 2.05) is 42.5 Å². The van der Waals surface area contributed by atoms with Crippen LogP contribution in [0.25, 0.3) is 11.3 Å². The minimum atomic E-state index is -0.168. The number of nitrogens with one attached hydrogen (secondary N) is 1. The monoisotopic (exact) mass is 371 g/mol. The maximum absolute atomic E-state index is 12.0. The first-order valence-electron chi connectivity index (χ1n) is 9.32. The Morgan fingerprint density at radius 3 is 2.36 bits per heavy atom. The number of imidazole rings is 1. The van der Waals surface area contributed by atoms with Crippen LogP contribution in [0, 0.1) is 0 Å². The molecular weight excluding hydrogens is 346 g/mol. The highest BCUT2D eigenvalue weighted by Gasteiger charge is 2.18.